The second-order valence-electron chi connectivity index (χ2n) is 3.81. The van der Waals surface area contributed by atoms with Gasteiger partial charge >= 0.3 is 0 Å². The Balaban J connectivity index is 2.04. The van der Waals surface area contributed by atoms with Gasteiger partial charge in [0.25, 0.3) is 5.91 Å². The predicted molar refractivity (Wildman–Crippen MR) is 65.9 cm³/mol. The first kappa shape index (κ1) is 11.7. The van der Waals surface area contributed by atoms with Gasteiger partial charge in [0.1, 0.15) is 0 Å². The summed E-state index contributed by atoms with van der Waals surface area (Å²) in [5.41, 5.74) is 2.46. The second-order valence-corrected chi connectivity index (χ2v) is 4.24. The van der Waals surface area contributed by atoms with Crippen molar-refractivity contribution in [1.82, 2.24) is 15.5 Å². The normalized spacial score (nSPS) is 10.2. The van der Waals surface area contributed by atoms with Crippen molar-refractivity contribution in [3.8, 4) is 0 Å². The van der Waals surface area contributed by atoms with Crippen molar-refractivity contribution >= 4 is 17.5 Å². The van der Waals surface area contributed by atoms with E-state index in [0.717, 1.165) is 11.1 Å². The van der Waals surface area contributed by atoms with Gasteiger partial charge in [0, 0.05) is 28.9 Å². The molecule has 88 valence electrons. The van der Waals surface area contributed by atoms with Crippen molar-refractivity contribution in [2.75, 3.05) is 0 Å². The lowest BCUT2D eigenvalue weighted by Gasteiger charge is -2.05. The minimum absolute atomic E-state index is 0.142. The second kappa shape index (κ2) is 5.01. The fraction of sp³-hybridized carbons (Fsp3) is 0.167. The summed E-state index contributed by atoms with van der Waals surface area (Å²) < 4.78 is 0. The first-order chi connectivity index (χ1) is 8.15. The van der Waals surface area contributed by atoms with Crippen molar-refractivity contribution in [2.45, 2.75) is 13.5 Å². The molecule has 0 fully saturated rings. The van der Waals surface area contributed by atoms with Crippen molar-refractivity contribution < 1.29 is 4.79 Å². The number of H-pyrrole nitrogens is 1. The molecular formula is C12H12ClN3O. The highest BCUT2D eigenvalue weighted by Crippen LogP contribution is 2.14. The lowest BCUT2D eigenvalue weighted by Crippen LogP contribution is -2.22. The first-order valence-corrected chi connectivity index (χ1v) is 5.56. The monoisotopic (exact) mass is 249 g/mol. The van der Waals surface area contributed by atoms with E-state index in [0.29, 0.717) is 17.1 Å². The summed E-state index contributed by atoms with van der Waals surface area (Å²) in [5, 5.41) is 9.86. The van der Waals surface area contributed by atoms with Gasteiger partial charge in [-0.2, -0.15) is 5.10 Å². The Hall–Kier alpha value is -1.81. The van der Waals surface area contributed by atoms with E-state index in [1.165, 1.54) is 0 Å². The van der Waals surface area contributed by atoms with Crippen molar-refractivity contribution in [1.29, 1.82) is 0 Å². The van der Waals surface area contributed by atoms with Gasteiger partial charge in [-0.25, -0.2) is 0 Å². The van der Waals surface area contributed by atoms with E-state index in [-0.39, 0.29) is 5.91 Å². The van der Waals surface area contributed by atoms with E-state index in [1.54, 1.807) is 24.5 Å². The van der Waals surface area contributed by atoms with Gasteiger partial charge in [0.2, 0.25) is 0 Å². The summed E-state index contributed by atoms with van der Waals surface area (Å²) >= 11 is 5.90. The summed E-state index contributed by atoms with van der Waals surface area (Å²) in [7, 11) is 0. The van der Waals surface area contributed by atoms with E-state index in [2.05, 4.69) is 15.5 Å². The number of nitrogens with one attached hydrogen (secondary N) is 2. The zero-order valence-electron chi connectivity index (χ0n) is 9.33. The molecule has 2 N–H and O–H groups in total. The molecule has 0 bridgehead atoms. The molecule has 0 saturated heterocycles. The number of nitrogens with zero attached hydrogens (tertiary/aromatic N) is 1. The average Bonchev–Trinajstić information content (AvgIpc) is 2.77. The third-order valence-electron chi connectivity index (χ3n) is 2.31. The van der Waals surface area contributed by atoms with Crippen molar-refractivity contribution in [3.05, 3.63) is 52.3 Å². The number of halogens is 1. The standard InChI is InChI=1S/C12H12ClN3O/c1-8-2-10(4-11(13)3-8)12(17)14-5-9-6-15-16-7-9/h2-4,6-7H,5H2,1H3,(H,14,17)(H,15,16). The van der Waals surface area contributed by atoms with Crippen LogP contribution < -0.4 is 5.32 Å². The van der Waals surface area contributed by atoms with Gasteiger partial charge in [-0.1, -0.05) is 11.6 Å². The van der Waals surface area contributed by atoms with Crippen LogP contribution in [-0.2, 0) is 6.54 Å². The van der Waals surface area contributed by atoms with Crippen molar-refractivity contribution in [3.63, 3.8) is 0 Å². The molecule has 17 heavy (non-hydrogen) atoms. The van der Waals surface area contributed by atoms with Crippen molar-refractivity contribution in [2.24, 2.45) is 0 Å². The lowest BCUT2D eigenvalue weighted by molar-refractivity contribution is 0.0951. The molecule has 0 saturated carbocycles. The number of amides is 1. The number of rotatable bonds is 3. The summed E-state index contributed by atoms with van der Waals surface area (Å²) in [6.07, 6.45) is 3.41. The molecule has 5 heteroatoms. The minimum atomic E-state index is -0.142. The first-order valence-electron chi connectivity index (χ1n) is 5.18. The van der Waals surface area contributed by atoms with E-state index in [1.807, 2.05) is 13.0 Å². The molecule has 1 amide bonds. The largest absolute Gasteiger partial charge is 0.348 e. The van der Waals surface area contributed by atoms with Gasteiger partial charge < -0.3 is 5.32 Å². The molecule has 1 aromatic carbocycles. The average molecular weight is 250 g/mol. The summed E-state index contributed by atoms with van der Waals surface area (Å²) in [6, 6.07) is 5.27. The fourth-order valence-electron chi connectivity index (χ4n) is 1.53. The summed E-state index contributed by atoms with van der Waals surface area (Å²) in [5.74, 6) is -0.142. The Morgan fingerprint density at radius 2 is 2.29 bits per heavy atom. The smallest absolute Gasteiger partial charge is 0.251 e. The Labute approximate surface area is 104 Å². The highest BCUT2D eigenvalue weighted by molar-refractivity contribution is 6.31. The number of hydrogen-bond acceptors (Lipinski definition) is 2. The highest BCUT2D eigenvalue weighted by Gasteiger charge is 2.07. The van der Waals surface area contributed by atoms with Gasteiger partial charge in [-0.3, -0.25) is 9.89 Å². The van der Waals surface area contributed by atoms with E-state index in [4.69, 9.17) is 11.6 Å². The molecule has 0 atom stereocenters. The third-order valence-corrected chi connectivity index (χ3v) is 2.53. The maximum Gasteiger partial charge on any atom is 0.251 e. The van der Waals surface area contributed by atoms with Crippen LogP contribution in [0.25, 0.3) is 0 Å². The quantitative estimate of drug-likeness (QED) is 0.877. The number of hydrogen-bond donors (Lipinski definition) is 2. The maximum absolute atomic E-state index is 11.8. The molecule has 0 aliphatic carbocycles. The van der Waals surface area contributed by atoms with Crippen LogP contribution in [0.15, 0.2) is 30.6 Å². The predicted octanol–water partition coefficient (Wildman–Crippen LogP) is 2.30. The maximum atomic E-state index is 11.8. The molecule has 0 radical (unpaired) electrons. The number of aromatic nitrogens is 2. The molecule has 1 aromatic heterocycles. The fourth-order valence-corrected chi connectivity index (χ4v) is 1.82. The third kappa shape index (κ3) is 3.07. The van der Waals surface area contributed by atoms with E-state index < -0.39 is 0 Å². The van der Waals surface area contributed by atoms with Crippen LogP contribution >= 0.6 is 11.6 Å². The summed E-state index contributed by atoms with van der Waals surface area (Å²) in [6.45, 7) is 2.35. The molecule has 2 rings (SSSR count). The molecule has 0 aliphatic rings. The Morgan fingerprint density at radius 1 is 1.47 bits per heavy atom. The van der Waals surface area contributed by atoms with Gasteiger partial charge in [0.05, 0.1) is 6.20 Å². The van der Waals surface area contributed by atoms with Crippen LogP contribution in [0.4, 0.5) is 0 Å². The Bertz CT molecular complexity index is 502. The number of carbonyl (C=O) groups is 1. The van der Waals surface area contributed by atoms with Gasteiger partial charge in [-0.05, 0) is 30.7 Å². The van der Waals surface area contributed by atoms with Crippen LogP contribution in [0, 0.1) is 6.92 Å². The SMILES string of the molecule is Cc1cc(Cl)cc(C(=O)NCc2cn[nH]c2)c1. The number of carbonyl (C=O) groups excluding carboxylic acids is 1. The van der Waals surface area contributed by atoms with Crippen LogP contribution in [0.1, 0.15) is 21.5 Å². The van der Waals surface area contributed by atoms with Crippen LogP contribution in [0.5, 0.6) is 0 Å². The highest BCUT2D eigenvalue weighted by atomic mass is 35.5. The Kier molecular flexibility index (Phi) is 3.44. The van der Waals surface area contributed by atoms with Gasteiger partial charge in [0.15, 0.2) is 0 Å². The van der Waals surface area contributed by atoms with Crippen LogP contribution in [0.3, 0.4) is 0 Å². The van der Waals surface area contributed by atoms with E-state index >= 15 is 0 Å². The topological polar surface area (TPSA) is 57.8 Å². The Morgan fingerprint density at radius 3 is 2.94 bits per heavy atom. The number of aryl methyl sites for hydroxylation is 1. The van der Waals surface area contributed by atoms with Crippen LogP contribution in [-0.4, -0.2) is 16.1 Å². The molecule has 1 heterocycles. The van der Waals surface area contributed by atoms with Crippen LogP contribution in [0.2, 0.25) is 5.02 Å². The summed E-state index contributed by atoms with van der Waals surface area (Å²) in [4.78, 5) is 11.8. The molecule has 2 aromatic rings. The zero-order valence-corrected chi connectivity index (χ0v) is 10.1. The number of aromatic amines is 1. The molecular weight excluding hydrogens is 238 g/mol. The molecule has 4 nitrogen and oxygen atoms in total. The zero-order chi connectivity index (χ0) is 12.3. The molecule has 0 spiro atoms. The van der Waals surface area contributed by atoms with E-state index in [9.17, 15) is 4.79 Å². The van der Waals surface area contributed by atoms with Gasteiger partial charge in [-0.15, -0.1) is 0 Å². The lowest BCUT2D eigenvalue weighted by atomic mass is 10.1. The molecule has 0 unspecified atom stereocenters. The molecule has 0 aliphatic heterocycles. The minimum Gasteiger partial charge on any atom is -0.348 e. The number of benzene rings is 1.